The summed E-state index contributed by atoms with van der Waals surface area (Å²) in [5.74, 6) is -1.04. The standard InChI is InChI=1S/C13H17N3O3/c14-11-4-3-9(7-10(11)13(18)19)15-8-12(17)16-5-1-2-6-16/h3-4,7,15H,1-2,5-6,8,14H2,(H,18,19). The number of anilines is 2. The second-order valence-corrected chi connectivity index (χ2v) is 4.55. The summed E-state index contributed by atoms with van der Waals surface area (Å²) in [7, 11) is 0. The first kappa shape index (κ1) is 13.2. The molecule has 1 saturated heterocycles. The fourth-order valence-corrected chi connectivity index (χ4v) is 2.11. The van der Waals surface area contributed by atoms with Gasteiger partial charge >= 0.3 is 5.97 Å². The second-order valence-electron chi connectivity index (χ2n) is 4.55. The molecule has 19 heavy (non-hydrogen) atoms. The van der Waals surface area contributed by atoms with E-state index in [1.54, 1.807) is 6.07 Å². The van der Waals surface area contributed by atoms with Crippen LogP contribution in [-0.2, 0) is 4.79 Å². The van der Waals surface area contributed by atoms with Gasteiger partial charge in [-0.1, -0.05) is 0 Å². The molecule has 0 saturated carbocycles. The first-order valence-corrected chi connectivity index (χ1v) is 6.22. The van der Waals surface area contributed by atoms with E-state index in [1.807, 2.05) is 4.90 Å². The average Bonchev–Trinajstić information content (AvgIpc) is 2.91. The molecule has 1 amide bonds. The number of likely N-dealkylation sites (tertiary alicyclic amines) is 1. The first-order chi connectivity index (χ1) is 9.08. The van der Waals surface area contributed by atoms with Crippen LogP contribution in [0.25, 0.3) is 0 Å². The van der Waals surface area contributed by atoms with Crippen molar-refractivity contribution in [3.05, 3.63) is 23.8 Å². The lowest BCUT2D eigenvalue weighted by atomic mass is 10.1. The van der Waals surface area contributed by atoms with Gasteiger partial charge in [0, 0.05) is 24.5 Å². The van der Waals surface area contributed by atoms with Gasteiger partial charge in [-0.05, 0) is 31.0 Å². The molecule has 1 heterocycles. The van der Waals surface area contributed by atoms with Crippen molar-refractivity contribution in [3.8, 4) is 0 Å². The lowest BCUT2D eigenvalue weighted by Gasteiger charge is -2.16. The number of rotatable bonds is 4. The summed E-state index contributed by atoms with van der Waals surface area (Å²) >= 11 is 0. The molecule has 0 atom stereocenters. The monoisotopic (exact) mass is 263 g/mol. The predicted octanol–water partition coefficient (Wildman–Crippen LogP) is 1.00. The molecular formula is C13H17N3O3. The van der Waals surface area contributed by atoms with Crippen LogP contribution in [0.5, 0.6) is 0 Å². The second kappa shape index (κ2) is 5.60. The van der Waals surface area contributed by atoms with Gasteiger partial charge in [0.05, 0.1) is 12.1 Å². The summed E-state index contributed by atoms with van der Waals surface area (Å²) < 4.78 is 0. The molecule has 102 valence electrons. The Balaban J connectivity index is 1.97. The molecule has 1 aromatic rings. The summed E-state index contributed by atoms with van der Waals surface area (Å²) in [5.41, 5.74) is 6.40. The summed E-state index contributed by atoms with van der Waals surface area (Å²) in [6, 6.07) is 4.63. The van der Waals surface area contributed by atoms with Crippen molar-refractivity contribution in [1.29, 1.82) is 0 Å². The molecule has 0 bridgehead atoms. The van der Waals surface area contributed by atoms with Crippen LogP contribution in [-0.4, -0.2) is 41.5 Å². The number of carboxylic acids is 1. The zero-order valence-electron chi connectivity index (χ0n) is 10.6. The minimum atomic E-state index is -1.08. The van der Waals surface area contributed by atoms with Gasteiger partial charge in [0.25, 0.3) is 0 Å². The fourth-order valence-electron chi connectivity index (χ4n) is 2.11. The number of nitrogen functional groups attached to an aromatic ring is 1. The lowest BCUT2D eigenvalue weighted by molar-refractivity contribution is -0.128. The topological polar surface area (TPSA) is 95.7 Å². The van der Waals surface area contributed by atoms with E-state index in [1.165, 1.54) is 12.1 Å². The molecular weight excluding hydrogens is 246 g/mol. The Kier molecular flexibility index (Phi) is 3.89. The van der Waals surface area contributed by atoms with Crippen LogP contribution < -0.4 is 11.1 Å². The SMILES string of the molecule is Nc1ccc(NCC(=O)N2CCCC2)cc1C(=O)O. The van der Waals surface area contributed by atoms with Crippen LogP contribution in [0.2, 0.25) is 0 Å². The molecule has 6 heteroatoms. The number of carbonyl (C=O) groups excluding carboxylic acids is 1. The highest BCUT2D eigenvalue weighted by Gasteiger charge is 2.17. The number of nitrogens with one attached hydrogen (secondary N) is 1. The third-order valence-electron chi connectivity index (χ3n) is 3.19. The molecule has 0 aromatic heterocycles. The number of aromatic carboxylic acids is 1. The maximum Gasteiger partial charge on any atom is 0.337 e. The zero-order chi connectivity index (χ0) is 13.8. The van der Waals surface area contributed by atoms with E-state index < -0.39 is 5.97 Å². The molecule has 1 aromatic carbocycles. The Morgan fingerprint density at radius 1 is 1.32 bits per heavy atom. The molecule has 1 fully saturated rings. The molecule has 1 aliphatic rings. The van der Waals surface area contributed by atoms with Crippen molar-refractivity contribution in [3.63, 3.8) is 0 Å². The van der Waals surface area contributed by atoms with Crippen LogP contribution >= 0.6 is 0 Å². The molecule has 0 unspecified atom stereocenters. The highest BCUT2D eigenvalue weighted by Crippen LogP contribution is 2.18. The van der Waals surface area contributed by atoms with Crippen LogP contribution in [0.4, 0.5) is 11.4 Å². The van der Waals surface area contributed by atoms with E-state index in [9.17, 15) is 9.59 Å². The van der Waals surface area contributed by atoms with E-state index in [0.717, 1.165) is 25.9 Å². The number of hydrogen-bond acceptors (Lipinski definition) is 4. The molecule has 1 aliphatic heterocycles. The quantitative estimate of drug-likeness (QED) is 0.704. The number of carbonyl (C=O) groups is 2. The van der Waals surface area contributed by atoms with Gasteiger partial charge < -0.3 is 21.1 Å². The van der Waals surface area contributed by atoms with E-state index >= 15 is 0 Å². The van der Waals surface area contributed by atoms with Crippen molar-refractivity contribution in [2.75, 3.05) is 30.7 Å². The normalized spacial score (nSPS) is 14.4. The largest absolute Gasteiger partial charge is 0.478 e. The summed E-state index contributed by atoms with van der Waals surface area (Å²) in [6.45, 7) is 1.79. The van der Waals surface area contributed by atoms with Crippen LogP contribution in [0.3, 0.4) is 0 Å². The third-order valence-corrected chi connectivity index (χ3v) is 3.19. The maximum absolute atomic E-state index is 11.8. The van der Waals surface area contributed by atoms with E-state index in [2.05, 4.69) is 5.32 Å². The summed E-state index contributed by atoms with van der Waals surface area (Å²) in [5, 5.41) is 11.9. The van der Waals surface area contributed by atoms with Gasteiger partial charge in [0.1, 0.15) is 0 Å². The van der Waals surface area contributed by atoms with Gasteiger partial charge in [0.15, 0.2) is 0 Å². The highest BCUT2D eigenvalue weighted by molar-refractivity contribution is 5.95. The minimum absolute atomic E-state index is 0.0335. The molecule has 0 aliphatic carbocycles. The third kappa shape index (κ3) is 3.15. The summed E-state index contributed by atoms with van der Waals surface area (Å²) in [4.78, 5) is 24.6. The van der Waals surface area contributed by atoms with Crippen LogP contribution in [0.1, 0.15) is 23.2 Å². The number of nitrogens with zero attached hydrogens (tertiary/aromatic N) is 1. The van der Waals surface area contributed by atoms with Crippen molar-refractivity contribution in [2.45, 2.75) is 12.8 Å². The number of carboxylic acid groups (broad SMARTS) is 1. The van der Waals surface area contributed by atoms with Gasteiger partial charge in [-0.15, -0.1) is 0 Å². The Labute approximate surface area is 111 Å². The molecule has 0 radical (unpaired) electrons. The molecule has 6 nitrogen and oxygen atoms in total. The zero-order valence-corrected chi connectivity index (χ0v) is 10.6. The van der Waals surface area contributed by atoms with Crippen molar-refractivity contribution in [1.82, 2.24) is 4.90 Å². The average molecular weight is 263 g/mol. The van der Waals surface area contributed by atoms with Crippen LogP contribution in [0.15, 0.2) is 18.2 Å². The number of nitrogens with two attached hydrogens (primary N) is 1. The summed E-state index contributed by atoms with van der Waals surface area (Å²) in [6.07, 6.45) is 2.10. The number of benzene rings is 1. The Bertz CT molecular complexity index is 496. The van der Waals surface area contributed by atoms with E-state index in [-0.39, 0.29) is 23.7 Å². The van der Waals surface area contributed by atoms with Gasteiger partial charge in [-0.3, -0.25) is 4.79 Å². The predicted molar refractivity (Wildman–Crippen MR) is 72.1 cm³/mol. The molecule has 4 N–H and O–H groups in total. The van der Waals surface area contributed by atoms with Crippen molar-refractivity contribution >= 4 is 23.3 Å². The number of hydrogen-bond donors (Lipinski definition) is 3. The van der Waals surface area contributed by atoms with Gasteiger partial charge in [-0.2, -0.15) is 0 Å². The van der Waals surface area contributed by atoms with Gasteiger partial charge in [-0.25, -0.2) is 4.79 Å². The first-order valence-electron chi connectivity index (χ1n) is 6.22. The van der Waals surface area contributed by atoms with Gasteiger partial charge in [0.2, 0.25) is 5.91 Å². The van der Waals surface area contributed by atoms with E-state index in [4.69, 9.17) is 10.8 Å². The van der Waals surface area contributed by atoms with E-state index in [0.29, 0.717) is 5.69 Å². The fraction of sp³-hybridized carbons (Fsp3) is 0.385. The Morgan fingerprint density at radius 2 is 2.00 bits per heavy atom. The Hall–Kier alpha value is -2.24. The van der Waals surface area contributed by atoms with Crippen LogP contribution in [0, 0.1) is 0 Å². The highest BCUT2D eigenvalue weighted by atomic mass is 16.4. The molecule has 0 spiro atoms. The maximum atomic E-state index is 11.8. The Morgan fingerprint density at radius 3 is 2.63 bits per heavy atom. The minimum Gasteiger partial charge on any atom is -0.478 e. The lowest BCUT2D eigenvalue weighted by Crippen LogP contribution is -2.33. The van der Waals surface area contributed by atoms with Crippen molar-refractivity contribution < 1.29 is 14.7 Å². The molecule has 2 rings (SSSR count). The number of amides is 1. The van der Waals surface area contributed by atoms with Crippen molar-refractivity contribution in [2.24, 2.45) is 0 Å². The smallest absolute Gasteiger partial charge is 0.337 e.